The molecule has 1 aromatic heterocycles. The summed E-state index contributed by atoms with van der Waals surface area (Å²) in [5.74, 6) is 0.122. The zero-order valence-electron chi connectivity index (χ0n) is 17.4. The number of anilines is 1. The minimum Gasteiger partial charge on any atom is -0.505 e. The van der Waals surface area contributed by atoms with Gasteiger partial charge in [0.1, 0.15) is 5.75 Å². The Morgan fingerprint density at radius 2 is 1.57 bits per heavy atom. The lowest BCUT2D eigenvalue weighted by molar-refractivity contribution is 0.468. The Bertz CT molecular complexity index is 1370. The fourth-order valence-corrected chi connectivity index (χ4v) is 4.80. The molecular weight excluding hydrogens is 396 g/mol. The predicted molar refractivity (Wildman–Crippen MR) is 121 cm³/mol. The number of hydrogen-bond donors (Lipinski definition) is 2. The van der Waals surface area contributed by atoms with Gasteiger partial charge in [0.05, 0.1) is 21.8 Å². The summed E-state index contributed by atoms with van der Waals surface area (Å²) >= 11 is 0. The Kier molecular flexibility index (Phi) is 4.82. The smallest absolute Gasteiger partial charge is 0.261 e. The molecule has 0 aliphatic carbocycles. The molecular formula is C24H24N2O3S. The number of aromatic hydroxyl groups is 1. The van der Waals surface area contributed by atoms with Crippen LogP contribution in [0.3, 0.4) is 0 Å². The van der Waals surface area contributed by atoms with Gasteiger partial charge in [-0.2, -0.15) is 0 Å². The molecule has 0 spiro atoms. The molecule has 0 saturated carbocycles. The van der Waals surface area contributed by atoms with Crippen LogP contribution in [-0.2, 0) is 10.0 Å². The molecule has 0 aliphatic heterocycles. The summed E-state index contributed by atoms with van der Waals surface area (Å²) in [5.41, 5.74) is 5.58. The van der Waals surface area contributed by atoms with Crippen LogP contribution in [-0.4, -0.2) is 18.1 Å². The van der Waals surface area contributed by atoms with Gasteiger partial charge < -0.3 is 9.67 Å². The number of sulfonamides is 1. The molecule has 4 aromatic rings. The average molecular weight is 421 g/mol. The highest BCUT2D eigenvalue weighted by Crippen LogP contribution is 2.36. The maximum Gasteiger partial charge on any atom is 0.261 e. The van der Waals surface area contributed by atoms with Crippen LogP contribution in [0.1, 0.15) is 22.4 Å². The van der Waals surface area contributed by atoms with E-state index in [-0.39, 0.29) is 10.6 Å². The Hall–Kier alpha value is -3.25. The Labute approximate surface area is 176 Å². The fraction of sp³-hybridized carbons (Fsp3) is 0.167. The normalized spacial score (nSPS) is 11.7. The van der Waals surface area contributed by atoms with Crippen molar-refractivity contribution in [1.29, 1.82) is 0 Å². The van der Waals surface area contributed by atoms with Crippen molar-refractivity contribution in [3.8, 4) is 11.4 Å². The van der Waals surface area contributed by atoms with E-state index in [0.717, 1.165) is 27.7 Å². The number of fused-ring (bicyclic) bond motifs is 1. The van der Waals surface area contributed by atoms with Crippen LogP contribution in [0.25, 0.3) is 16.6 Å². The van der Waals surface area contributed by atoms with Gasteiger partial charge in [-0.05, 0) is 69.2 Å². The molecule has 4 rings (SSSR count). The minimum absolute atomic E-state index is 0.122. The van der Waals surface area contributed by atoms with Crippen LogP contribution in [0.4, 0.5) is 5.69 Å². The molecule has 0 unspecified atom stereocenters. The van der Waals surface area contributed by atoms with Gasteiger partial charge in [0.25, 0.3) is 10.0 Å². The molecule has 0 amide bonds. The Morgan fingerprint density at radius 3 is 2.27 bits per heavy atom. The van der Waals surface area contributed by atoms with Crippen molar-refractivity contribution >= 4 is 26.6 Å². The van der Waals surface area contributed by atoms with Gasteiger partial charge in [-0.25, -0.2) is 8.42 Å². The van der Waals surface area contributed by atoms with E-state index in [4.69, 9.17) is 0 Å². The van der Waals surface area contributed by atoms with Crippen molar-refractivity contribution in [2.45, 2.75) is 32.6 Å². The molecule has 5 nitrogen and oxygen atoms in total. The second-order valence-corrected chi connectivity index (χ2v) is 9.32. The van der Waals surface area contributed by atoms with Crippen molar-refractivity contribution in [2.24, 2.45) is 0 Å². The van der Waals surface area contributed by atoms with Gasteiger partial charge in [0.15, 0.2) is 0 Å². The molecule has 0 saturated heterocycles. The van der Waals surface area contributed by atoms with E-state index in [9.17, 15) is 13.5 Å². The number of hydrogen-bond acceptors (Lipinski definition) is 3. The van der Waals surface area contributed by atoms with E-state index < -0.39 is 10.0 Å². The summed E-state index contributed by atoms with van der Waals surface area (Å²) in [6.45, 7) is 7.71. The molecule has 0 aliphatic rings. The molecule has 6 heteroatoms. The van der Waals surface area contributed by atoms with E-state index in [2.05, 4.69) is 4.72 Å². The number of nitrogens with zero attached hydrogens (tertiary/aromatic N) is 1. The van der Waals surface area contributed by atoms with E-state index in [1.807, 2.05) is 49.6 Å². The second kappa shape index (κ2) is 7.22. The Balaban J connectivity index is 1.85. The van der Waals surface area contributed by atoms with Gasteiger partial charge in [0.2, 0.25) is 0 Å². The monoisotopic (exact) mass is 420 g/mol. The van der Waals surface area contributed by atoms with Gasteiger partial charge in [-0.3, -0.25) is 4.72 Å². The molecule has 0 atom stereocenters. The topological polar surface area (TPSA) is 71.3 Å². The van der Waals surface area contributed by atoms with E-state index in [1.54, 1.807) is 43.3 Å². The van der Waals surface area contributed by atoms with E-state index in [0.29, 0.717) is 16.9 Å². The number of nitrogens with one attached hydrogen (secondary N) is 1. The summed E-state index contributed by atoms with van der Waals surface area (Å²) in [6.07, 6.45) is 0. The third kappa shape index (κ3) is 3.33. The summed E-state index contributed by atoms with van der Waals surface area (Å²) in [7, 11) is -3.75. The highest BCUT2D eigenvalue weighted by atomic mass is 32.2. The standard InChI is InChI=1S/C24H24N2O3S/c1-15-9-11-20(12-10-15)30(28,29)25-19-13-16(2)24(27)23(14-19)26-18(4)17(3)21-7-5-6-8-22(21)26/h5-14,25,27H,1-4H3. The molecule has 2 N–H and O–H groups in total. The van der Waals surface area contributed by atoms with Crippen molar-refractivity contribution in [1.82, 2.24) is 4.57 Å². The first-order valence-corrected chi connectivity index (χ1v) is 11.2. The highest BCUT2D eigenvalue weighted by molar-refractivity contribution is 7.92. The van der Waals surface area contributed by atoms with Gasteiger partial charge in [-0.1, -0.05) is 35.9 Å². The van der Waals surface area contributed by atoms with Crippen molar-refractivity contribution in [3.05, 3.63) is 83.0 Å². The lowest BCUT2D eigenvalue weighted by Crippen LogP contribution is -2.13. The summed E-state index contributed by atoms with van der Waals surface area (Å²) in [5, 5.41) is 11.9. The van der Waals surface area contributed by atoms with E-state index >= 15 is 0 Å². The zero-order chi connectivity index (χ0) is 21.6. The van der Waals surface area contributed by atoms with Gasteiger partial charge in [0, 0.05) is 11.1 Å². The third-order valence-corrected chi connectivity index (χ3v) is 6.93. The average Bonchev–Trinajstić information content (AvgIpc) is 2.95. The number of benzene rings is 3. The largest absolute Gasteiger partial charge is 0.505 e. The molecule has 154 valence electrons. The van der Waals surface area contributed by atoms with Crippen LogP contribution in [0.2, 0.25) is 0 Å². The van der Waals surface area contributed by atoms with Gasteiger partial charge >= 0.3 is 0 Å². The molecule has 0 radical (unpaired) electrons. The van der Waals surface area contributed by atoms with Crippen molar-refractivity contribution in [3.63, 3.8) is 0 Å². The number of phenols is 1. The maximum atomic E-state index is 12.9. The number of aryl methyl sites for hydroxylation is 3. The number of rotatable bonds is 4. The minimum atomic E-state index is -3.75. The highest BCUT2D eigenvalue weighted by Gasteiger charge is 2.19. The van der Waals surface area contributed by atoms with Crippen LogP contribution < -0.4 is 4.72 Å². The summed E-state index contributed by atoms with van der Waals surface area (Å²) < 4.78 is 30.3. The maximum absolute atomic E-state index is 12.9. The van der Waals surface area contributed by atoms with Crippen molar-refractivity contribution in [2.75, 3.05) is 4.72 Å². The number of aromatic nitrogens is 1. The van der Waals surface area contributed by atoms with Crippen molar-refractivity contribution < 1.29 is 13.5 Å². The van der Waals surface area contributed by atoms with Crippen LogP contribution in [0.5, 0.6) is 5.75 Å². The molecule has 1 heterocycles. The molecule has 0 bridgehead atoms. The first-order chi connectivity index (χ1) is 14.2. The van der Waals surface area contributed by atoms with Crippen LogP contribution in [0, 0.1) is 27.7 Å². The molecule has 0 fully saturated rings. The number of para-hydroxylation sites is 1. The first kappa shape index (κ1) is 20.0. The summed E-state index contributed by atoms with van der Waals surface area (Å²) in [6, 6.07) is 18.0. The predicted octanol–water partition coefficient (Wildman–Crippen LogP) is 5.37. The van der Waals surface area contributed by atoms with Crippen LogP contribution >= 0.6 is 0 Å². The lowest BCUT2D eigenvalue weighted by Gasteiger charge is -2.16. The molecule has 3 aromatic carbocycles. The van der Waals surface area contributed by atoms with Gasteiger partial charge in [-0.15, -0.1) is 0 Å². The quantitative estimate of drug-likeness (QED) is 0.436. The fourth-order valence-electron chi connectivity index (χ4n) is 3.76. The SMILES string of the molecule is Cc1ccc(S(=O)(=O)Nc2cc(C)c(O)c(-n3c(C)c(C)c4ccccc43)c2)cc1. The zero-order valence-corrected chi connectivity index (χ0v) is 18.2. The second-order valence-electron chi connectivity index (χ2n) is 7.64. The summed E-state index contributed by atoms with van der Waals surface area (Å²) in [4.78, 5) is 0.193. The first-order valence-electron chi connectivity index (χ1n) is 9.69. The molecule has 30 heavy (non-hydrogen) atoms. The van der Waals surface area contributed by atoms with E-state index in [1.165, 1.54) is 0 Å². The van der Waals surface area contributed by atoms with Crippen LogP contribution in [0.15, 0.2) is 65.6 Å². The lowest BCUT2D eigenvalue weighted by atomic mass is 10.1. The number of phenolic OH excluding ortho intramolecular Hbond substituents is 1. The third-order valence-electron chi connectivity index (χ3n) is 5.53. The Morgan fingerprint density at radius 1 is 0.900 bits per heavy atom.